The molecule has 0 bridgehead atoms. The lowest BCUT2D eigenvalue weighted by Crippen LogP contribution is -1.83. The predicted octanol–water partition coefficient (Wildman–Crippen LogP) is 3.58. The van der Waals surface area contributed by atoms with Crippen LogP contribution in [0.1, 0.15) is 51.9 Å². The van der Waals surface area contributed by atoms with Gasteiger partial charge in [0.1, 0.15) is 0 Å². The van der Waals surface area contributed by atoms with Crippen LogP contribution in [0.4, 0.5) is 0 Å². The van der Waals surface area contributed by atoms with E-state index in [4.69, 9.17) is 5.73 Å². The molecule has 0 saturated carbocycles. The van der Waals surface area contributed by atoms with E-state index in [2.05, 4.69) is 19.1 Å². The highest BCUT2D eigenvalue weighted by Crippen LogP contribution is 2.01. The van der Waals surface area contributed by atoms with Crippen LogP contribution in [0.25, 0.3) is 0 Å². The standard InChI is InChI=1S/C11H22N/c1-2-3-4-5-6-7-8-9-10-11-12/h5-6,12H,2-4,7-11H2,1H3/b6-5+. The summed E-state index contributed by atoms with van der Waals surface area (Å²) in [6, 6.07) is 0. The number of hydrogen-bond acceptors (Lipinski definition) is 0. The van der Waals surface area contributed by atoms with Crippen LogP contribution in [-0.4, -0.2) is 6.54 Å². The summed E-state index contributed by atoms with van der Waals surface area (Å²) < 4.78 is 0. The third-order valence-corrected chi connectivity index (χ3v) is 1.94. The second-order valence-electron chi connectivity index (χ2n) is 3.21. The topological polar surface area (TPSA) is 23.8 Å². The van der Waals surface area contributed by atoms with Gasteiger partial charge >= 0.3 is 0 Å². The molecule has 0 fully saturated rings. The van der Waals surface area contributed by atoms with Crippen LogP contribution in [-0.2, 0) is 0 Å². The van der Waals surface area contributed by atoms with Gasteiger partial charge in [-0.3, -0.25) is 5.73 Å². The zero-order valence-corrected chi connectivity index (χ0v) is 8.31. The van der Waals surface area contributed by atoms with Crippen molar-refractivity contribution >= 4 is 0 Å². The Morgan fingerprint density at radius 2 is 1.58 bits per heavy atom. The third kappa shape index (κ3) is 9.70. The Bertz CT molecular complexity index is 97.2. The van der Waals surface area contributed by atoms with Gasteiger partial charge in [0, 0.05) is 6.54 Å². The maximum atomic E-state index is 6.96. The lowest BCUT2D eigenvalue weighted by Gasteiger charge is -1.93. The van der Waals surface area contributed by atoms with Crippen LogP contribution < -0.4 is 5.73 Å². The molecule has 0 aliphatic carbocycles. The average molecular weight is 168 g/mol. The Morgan fingerprint density at radius 3 is 2.17 bits per heavy atom. The smallest absolute Gasteiger partial charge is 0.00997 e. The van der Waals surface area contributed by atoms with Crippen molar-refractivity contribution in [3.8, 4) is 0 Å². The fourth-order valence-corrected chi connectivity index (χ4v) is 1.12. The van der Waals surface area contributed by atoms with E-state index in [1.807, 2.05) is 0 Å². The molecule has 0 atom stereocenters. The second-order valence-corrected chi connectivity index (χ2v) is 3.21. The molecule has 1 nitrogen and oxygen atoms in total. The summed E-state index contributed by atoms with van der Waals surface area (Å²) in [5, 5.41) is 0. The van der Waals surface area contributed by atoms with E-state index in [1.165, 1.54) is 38.5 Å². The number of hydrogen-bond donors (Lipinski definition) is 0. The molecule has 0 rings (SSSR count). The molecule has 0 aliphatic rings. The molecule has 0 saturated heterocycles. The highest BCUT2D eigenvalue weighted by atomic mass is 14.5. The van der Waals surface area contributed by atoms with Crippen LogP contribution in [0.3, 0.4) is 0 Å². The Labute approximate surface area is 77.0 Å². The summed E-state index contributed by atoms with van der Waals surface area (Å²) in [5.74, 6) is 0. The highest BCUT2D eigenvalue weighted by molar-refractivity contribution is 4.80. The molecule has 0 aromatic carbocycles. The van der Waals surface area contributed by atoms with Crippen molar-refractivity contribution in [2.24, 2.45) is 0 Å². The van der Waals surface area contributed by atoms with Crippen molar-refractivity contribution in [2.45, 2.75) is 51.9 Å². The minimum absolute atomic E-state index is 0.597. The van der Waals surface area contributed by atoms with Crippen LogP contribution in [0.5, 0.6) is 0 Å². The zero-order valence-electron chi connectivity index (χ0n) is 8.31. The molecular formula is C11H22N. The molecule has 0 aromatic rings. The fraction of sp³-hybridized carbons (Fsp3) is 0.818. The Kier molecular flexibility index (Phi) is 10.4. The Morgan fingerprint density at radius 1 is 0.917 bits per heavy atom. The summed E-state index contributed by atoms with van der Waals surface area (Å²) >= 11 is 0. The SMILES string of the molecule is CCCC/C=C/CCCCC[NH]. The molecule has 1 heteroatoms. The molecule has 0 heterocycles. The van der Waals surface area contributed by atoms with Crippen LogP contribution >= 0.6 is 0 Å². The molecule has 0 aliphatic heterocycles. The van der Waals surface area contributed by atoms with Crippen molar-refractivity contribution in [1.29, 1.82) is 0 Å². The molecule has 0 aromatic heterocycles. The lowest BCUT2D eigenvalue weighted by molar-refractivity contribution is 0.687. The van der Waals surface area contributed by atoms with E-state index < -0.39 is 0 Å². The van der Waals surface area contributed by atoms with Gasteiger partial charge in [0.05, 0.1) is 0 Å². The summed E-state index contributed by atoms with van der Waals surface area (Å²) in [6.45, 7) is 2.82. The first-order chi connectivity index (χ1) is 5.91. The first-order valence-electron chi connectivity index (χ1n) is 5.21. The maximum Gasteiger partial charge on any atom is 0.00997 e. The van der Waals surface area contributed by atoms with Crippen molar-refractivity contribution < 1.29 is 0 Å². The summed E-state index contributed by atoms with van der Waals surface area (Å²) in [6.07, 6.45) is 13.2. The van der Waals surface area contributed by atoms with E-state index in [0.717, 1.165) is 6.42 Å². The number of rotatable bonds is 8. The Hall–Kier alpha value is -0.300. The van der Waals surface area contributed by atoms with Crippen molar-refractivity contribution in [1.82, 2.24) is 5.73 Å². The first-order valence-corrected chi connectivity index (χ1v) is 5.21. The van der Waals surface area contributed by atoms with Crippen LogP contribution in [0.15, 0.2) is 12.2 Å². The molecule has 12 heavy (non-hydrogen) atoms. The highest BCUT2D eigenvalue weighted by Gasteiger charge is 1.84. The van der Waals surface area contributed by atoms with Crippen molar-refractivity contribution in [2.75, 3.05) is 6.54 Å². The molecular weight excluding hydrogens is 146 g/mol. The molecule has 1 N–H and O–H groups in total. The van der Waals surface area contributed by atoms with Gasteiger partial charge in [-0.1, -0.05) is 38.3 Å². The molecule has 71 valence electrons. The monoisotopic (exact) mass is 168 g/mol. The molecule has 1 radical (unpaired) electrons. The van der Waals surface area contributed by atoms with Gasteiger partial charge in [0.25, 0.3) is 0 Å². The van der Waals surface area contributed by atoms with E-state index in [0.29, 0.717) is 6.54 Å². The van der Waals surface area contributed by atoms with Gasteiger partial charge in [-0.25, -0.2) is 0 Å². The average Bonchev–Trinajstić information content (AvgIpc) is 2.10. The predicted molar refractivity (Wildman–Crippen MR) is 55.1 cm³/mol. The number of nitrogens with one attached hydrogen (secondary N) is 1. The maximum absolute atomic E-state index is 6.96. The van der Waals surface area contributed by atoms with E-state index in [-0.39, 0.29) is 0 Å². The Balaban J connectivity index is 2.92. The van der Waals surface area contributed by atoms with E-state index in [9.17, 15) is 0 Å². The van der Waals surface area contributed by atoms with E-state index >= 15 is 0 Å². The largest absolute Gasteiger partial charge is 0.258 e. The first kappa shape index (κ1) is 11.7. The molecule has 0 unspecified atom stereocenters. The van der Waals surface area contributed by atoms with Crippen molar-refractivity contribution in [3.05, 3.63) is 12.2 Å². The summed E-state index contributed by atoms with van der Waals surface area (Å²) in [7, 11) is 0. The van der Waals surface area contributed by atoms with Gasteiger partial charge in [0.2, 0.25) is 0 Å². The van der Waals surface area contributed by atoms with Gasteiger partial charge in [-0.2, -0.15) is 0 Å². The summed E-state index contributed by atoms with van der Waals surface area (Å²) in [5.41, 5.74) is 6.96. The number of unbranched alkanes of at least 4 members (excludes halogenated alkanes) is 5. The third-order valence-electron chi connectivity index (χ3n) is 1.94. The van der Waals surface area contributed by atoms with Gasteiger partial charge in [-0.15, -0.1) is 0 Å². The fourth-order valence-electron chi connectivity index (χ4n) is 1.12. The summed E-state index contributed by atoms with van der Waals surface area (Å²) in [4.78, 5) is 0. The van der Waals surface area contributed by atoms with Crippen LogP contribution in [0, 0.1) is 0 Å². The second kappa shape index (κ2) is 10.7. The minimum Gasteiger partial charge on any atom is -0.258 e. The van der Waals surface area contributed by atoms with Gasteiger partial charge in [-0.05, 0) is 25.7 Å². The normalized spacial score (nSPS) is 11.2. The van der Waals surface area contributed by atoms with E-state index in [1.54, 1.807) is 0 Å². The quantitative estimate of drug-likeness (QED) is 0.391. The number of allylic oxidation sites excluding steroid dienone is 2. The minimum atomic E-state index is 0.597. The zero-order chi connectivity index (χ0) is 9.07. The molecule has 0 amide bonds. The lowest BCUT2D eigenvalue weighted by atomic mass is 10.1. The van der Waals surface area contributed by atoms with Gasteiger partial charge in [0.15, 0.2) is 0 Å². The molecule has 0 spiro atoms. The van der Waals surface area contributed by atoms with Crippen molar-refractivity contribution in [3.63, 3.8) is 0 Å². The van der Waals surface area contributed by atoms with Crippen LogP contribution in [0.2, 0.25) is 0 Å². The van der Waals surface area contributed by atoms with Gasteiger partial charge < -0.3 is 0 Å².